The lowest BCUT2D eigenvalue weighted by Crippen LogP contribution is -2.43. The van der Waals surface area contributed by atoms with Gasteiger partial charge in [0, 0.05) is 12.0 Å². The molecular formula is C11H18N2O4S2. The Labute approximate surface area is 116 Å². The van der Waals surface area contributed by atoms with Crippen LogP contribution in [-0.4, -0.2) is 30.0 Å². The molecule has 6 nitrogen and oxygen atoms in total. The number of rotatable bonds is 6. The van der Waals surface area contributed by atoms with Crippen LogP contribution in [0, 0.1) is 13.8 Å². The highest BCUT2D eigenvalue weighted by molar-refractivity contribution is 7.91. The maximum Gasteiger partial charge on any atom is 0.303 e. The molecule has 19 heavy (non-hydrogen) atoms. The van der Waals surface area contributed by atoms with Gasteiger partial charge in [-0.25, -0.2) is 18.1 Å². The molecule has 1 aromatic rings. The molecule has 0 aliphatic heterocycles. The third kappa shape index (κ3) is 4.55. The Balaban J connectivity index is 2.90. The van der Waals surface area contributed by atoms with Gasteiger partial charge in [0.2, 0.25) is 0 Å². The Morgan fingerprint density at radius 3 is 2.42 bits per heavy atom. The largest absolute Gasteiger partial charge is 0.481 e. The molecule has 0 spiro atoms. The zero-order valence-electron chi connectivity index (χ0n) is 11.3. The molecule has 0 saturated carbocycles. The number of sulfonamides is 1. The van der Waals surface area contributed by atoms with E-state index in [0.29, 0.717) is 10.7 Å². The van der Waals surface area contributed by atoms with Crippen LogP contribution in [0.2, 0.25) is 0 Å². The molecule has 8 heteroatoms. The smallest absolute Gasteiger partial charge is 0.303 e. The van der Waals surface area contributed by atoms with Crippen molar-refractivity contribution in [3.05, 3.63) is 10.7 Å². The molecule has 0 aromatic carbocycles. The molecule has 108 valence electrons. The van der Waals surface area contributed by atoms with E-state index in [1.807, 2.05) is 0 Å². The normalized spacial score (nSPS) is 12.6. The van der Waals surface area contributed by atoms with Crippen LogP contribution in [0.5, 0.6) is 0 Å². The van der Waals surface area contributed by atoms with Crippen molar-refractivity contribution in [2.45, 2.75) is 50.3 Å². The van der Waals surface area contributed by atoms with Crippen molar-refractivity contribution in [3.8, 4) is 0 Å². The average Bonchev–Trinajstić information content (AvgIpc) is 2.54. The number of aliphatic carboxylic acids is 1. The van der Waals surface area contributed by atoms with Crippen LogP contribution in [0.1, 0.15) is 37.4 Å². The molecule has 0 unspecified atom stereocenters. The van der Waals surface area contributed by atoms with Crippen molar-refractivity contribution < 1.29 is 18.3 Å². The van der Waals surface area contributed by atoms with Crippen LogP contribution in [0.3, 0.4) is 0 Å². The van der Waals surface area contributed by atoms with E-state index in [-0.39, 0.29) is 17.1 Å². The lowest BCUT2D eigenvalue weighted by Gasteiger charge is -2.24. The Morgan fingerprint density at radius 2 is 2.00 bits per heavy atom. The molecule has 0 aliphatic rings. The van der Waals surface area contributed by atoms with E-state index >= 15 is 0 Å². The van der Waals surface area contributed by atoms with Gasteiger partial charge < -0.3 is 5.11 Å². The topological polar surface area (TPSA) is 96.4 Å². The maximum atomic E-state index is 12.2. The summed E-state index contributed by atoms with van der Waals surface area (Å²) in [5.74, 6) is -0.947. The third-order valence-corrected chi connectivity index (χ3v) is 5.86. The molecule has 0 aliphatic carbocycles. The molecule has 0 bridgehead atoms. The summed E-state index contributed by atoms with van der Waals surface area (Å²) in [6.45, 7) is 6.71. The zero-order valence-corrected chi connectivity index (χ0v) is 13.0. The number of nitrogens with zero attached hydrogens (tertiary/aromatic N) is 1. The molecule has 1 aromatic heterocycles. The predicted octanol–water partition coefficient (Wildman–Crippen LogP) is 1.68. The minimum absolute atomic E-state index is 0.0871. The van der Waals surface area contributed by atoms with Gasteiger partial charge in [-0.3, -0.25) is 4.79 Å². The number of carboxylic acid groups (broad SMARTS) is 1. The van der Waals surface area contributed by atoms with Gasteiger partial charge in [0.1, 0.15) is 0 Å². The average molecular weight is 306 g/mol. The second kappa shape index (κ2) is 5.56. The van der Waals surface area contributed by atoms with Gasteiger partial charge >= 0.3 is 5.97 Å². The van der Waals surface area contributed by atoms with Crippen LogP contribution < -0.4 is 4.72 Å². The number of hydrogen-bond donors (Lipinski definition) is 2. The summed E-state index contributed by atoms with van der Waals surface area (Å²) in [6.07, 6.45) is 0.134. The van der Waals surface area contributed by atoms with Crippen LogP contribution >= 0.6 is 11.3 Å². The zero-order chi connectivity index (χ0) is 14.8. The van der Waals surface area contributed by atoms with Gasteiger partial charge in [0.05, 0.1) is 10.7 Å². The first-order valence-corrected chi connectivity index (χ1v) is 8.03. The van der Waals surface area contributed by atoms with E-state index < -0.39 is 21.5 Å². The highest BCUT2D eigenvalue weighted by atomic mass is 32.2. The van der Waals surface area contributed by atoms with Gasteiger partial charge in [-0.1, -0.05) is 0 Å². The second-order valence-electron chi connectivity index (χ2n) is 4.99. The summed E-state index contributed by atoms with van der Waals surface area (Å²) < 4.78 is 27.2. The Morgan fingerprint density at radius 1 is 1.42 bits per heavy atom. The summed E-state index contributed by atoms with van der Waals surface area (Å²) in [5.41, 5.74) is -0.356. The SMILES string of the molecule is Cc1nc(C)c(S(=O)(=O)NC(C)(C)CCC(=O)O)s1. The van der Waals surface area contributed by atoms with E-state index in [1.54, 1.807) is 27.7 Å². The number of carboxylic acids is 1. The number of aryl methyl sites for hydroxylation is 2. The van der Waals surface area contributed by atoms with Crippen molar-refractivity contribution in [1.29, 1.82) is 0 Å². The van der Waals surface area contributed by atoms with Gasteiger partial charge in [-0.05, 0) is 34.1 Å². The van der Waals surface area contributed by atoms with E-state index in [9.17, 15) is 13.2 Å². The first kappa shape index (κ1) is 16.1. The Kier molecular flexibility index (Phi) is 4.70. The molecule has 0 fully saturated rings. The summed E-state index contributed by atoms with van der Waals surface area (Å²) in [5, 5.41) is 9.34. The monoisotopic (exact) mass is 306 g/mol. The fourth-order valence-corrected chi connectivity index (χ4v) is 4.57. The highest BCUT2D eigenvalue weighted by Gasteiger charge is 2.29. The number of hydrogen-bond acceptors (Lipinski definition) is 5. The summed E-state index contributed by atoms with van der Waals surface area (Å²) in [6, 6.07) is 0. The molecule has 1 heterocycles. The number of nitrogens with one attached hydrogen (secondary N) is 1. The molecule has 2 N–H and O–H groups in total. The van der Waals surface area contributed by atoms with Crippen LogP contribution in [-0.2, 0) is 14.8 Å². The lowest BCUT2D eigenvalue weighted by atomic mass is 10.0. The van der Waals surface area contributed by atoms with Crippen LogP contribution in [0.25, 0.3) is 0 Å². The van der Waals surface area contributed by atoms with Crippen molar-refractivity contribution >= 4 is 27.3 Å². The quantitative estimate of drug-likeness (QED) is 0.833. The summed E-state index contributed by atoms with van der Waals surface area (Å²) in [7, 11) is -3.66. The molecule has 0 amide bonds. The van der Waals surface area contributed by atoms with Crippen LogP contribution in [0.15, 0.2) is 4.21 Å². The van der Waals surface area contributed by atoms with Gasteiger partial charge in [0.25, 0.3) is 10.0 Å². The van der Waals surface area contributed by atoms with Gasteiger partial charge in [0.15, 0.2) is 4.21 Å². The van der Waals surface area contributed by atoms with Gasteiger partial charge in [-0.2, -0.15) is 0 Å². The summed E-state index contributed by atoms with van der Waals surface area (Å²) in [4.78, 5) is 14.6. The molecule has 0 saturated heterocycles. The van der Waals surface area contributed by atoms with Crippen molar-refractivity contribution in [3.63, 3.8) is 0 Å². The van der Waals surface area contributed by atoms with Crippen molar-refractivity contribution in [1.82, 2.24) is 9.71 Å². The highest BCUT2D eigenvalue weighted by Crippen LogP contribution is 2.25. The standard InChI is InChI=1S/C11H18N2O4S2/c1-7-10(18-8(2)12-7)19(16,17)13-11(3,4)6-5-9(14)15/h13H,5-6H2,1-4H3,(H,14,15). The van der Waals surface area contributed by atoms with Gasteiger partial charge in [-0.15, -0.1) is 11.3 Å². The number of aromatic nitrogens is 1. The van der Waals surface area contributed by atoms with E-state index in [1.165, 1.54) is 0 Å². The number of thiazole rings is 1. The molecule has 0 radical (unpaired) electrons. The van der Waals surface area contributed by atoms with E-state index in [0.717, 1.165) is 11.3 Å². The fourth-order valence-electron chi connectivity index (χ4n) is 1.64. The minimum Gasteiger partial charge on any atom is -0.481 e. The third-order valence-electron chi connectivity index (χ3n) is 2.48. The lowest BCUT2D eigenvalue weighted by molar-refractivity contribution is -0.137. The first-order valence-electron chi connectivity index (χ1n) is 5.73. The number of carbonyl (C=O) groups is 1. The Bertz CT molecular complexity index is 576. The van der Waals surface area contributed by atoms with Crippen molar-refractivity contribution in [2.24, 2.45) is 0 Å². The predicted molar refractivity (Wildman–Crippen MR) is 72.9 cm³/mol. The molecular weight excluding hydrogens is 288 g/mol. The summed E-state index contributed by atoms with van der Waals surface area (Å²) >= 11 is 1.11. The van der Waals surface area contributed by atoms with E-state index in [4.69, 9.17) is 5.11 Å². The molecule has 0 atom stereocenters. The minimum atomic E-state index is -3.66. The van der Waals surface area contributed by atoms with Crippen LogP contribution in [0.4, 0.5) is 0 Å². The van der Waals surface area contributed by atoms with Crippen molar-refractivity contribution in [2.75, 3.05) is 0 Å². The second-order valence-corrected chi connectivity index (χ2v) is 8.07. The molecule has 1 rings (SSSR count). The fraction of sp³-hybridized carbons (Fsp3) is 0.636. The maximum absolute atomic E-state index is 12.2. The Hall–Kier alpha value is -0.990. The van der Waals surface area contributed by atoms with E-state index in [2.05, 4.69) is 9.71 Å². The first-order chi connectivity index (χ1) is 8.53.